The topological polar surface area (TPSA) is 247 Å². The Kier molecular flexibility index (Phi) is 27.1. The molecule has 0 atom stereocenters. The Morgan fingerprint density at radius 3 is 0.753 bits per heavy atom. The van der Waals surface area contributed by atoms with Crippen LogP contribution < -0.4 is 28.4 Å². The number of ether oxygens (including phenoxy) is 12. The second-order valence-corrected chi connectivity index (χ2v) is 18.1. The summed E-state index contributed by atoms with van der Waals surface area (Å²) in [6.45, 7) is 9.91. The van der Waals surface area contributed by atoms with Crippen LogP contribution in [-0.2, 0) is 38.0 Å². The van der Waals surface area contributed by atoms with E-state index < -0.39 is 47.8 Å². The van der Waals surface area contributed by atoms with Crippen molar-refractivity contribution in [1.29, 1.82) is 0 Å². The fourth-order valence-electron chi connectivity index (χ4n) is 7.21. The predicted octanol–water partition coefficient (Wildman–Crippen LogP) is 10.6. The maximum Gasteiger partial charge on any atom is 0.343 e. The van der Waals surface area contributed by atoms with Crippen molar-refractivity contribution in [3.05, 3.63) is 204 Å². The molecule has 0 bridgehead atoms. The second-order valence-electron chi connectivity index (χ2n) is 18.1. The van der Waals surface area contributed by atoms with Crippen molar-refractivity contribution in [3.63, 3.8) is 0 Å². The summed E-state index contributed by atoms with van der Waals surface area (Å²) in [5, 5.41) is 0. The van der Waals surface area contributed by atoms with E-state index in [4.69, 9.17) is 56.8 Å². The van der Waals surface area contributed by atoms with Crippen molar-refractivity contribution >= 4 is 47.8 Å². The molecule has 85 heavy (non-hydrogen) atoms. The number of carbonyl (C=O) groups is 8. The van der Waals surface area contributed by atoms with Crippen LogP contribution in [0.5, 0.6) is 34.5 Å². The molecule has 0 unspecified atom stereocenters. The van der Waals surface area contributed by atoms with Gasteiger partial charge < -0.3 is 56.8 Å². The van der Waals surface area contributed by atoms with Crippen molar-refractivity contribution in [2.45, 2.75) is 44.9 Å². The van der Waals surface area contributed by atoms with Gasteiger partial charge in [0.2, 0.25) is 0 Å². The van der Waals surface area contributed by atoms with Crippen LogP contribution in [-0.4, -0.2) is 114 Å². The molecular weight excluding hydrogens is 1100 g/mol. The Hall–Kier alpha value is -9.92. The molecule has 6 aromatic rings. The van der Waals surface area contributed by atoms with Crippen LogP contribution >= 0.6 is 0 Å². The summed E-state index contributed by atoms with van der Waals surface area (Å²) in [5.41, 5.74) is 1.55. The molecular formula is C65H64O20. The van der Waals surface area contributed by atoms with Crippen LogP contribution in [0, 0.1) is 0 Å². The minimum atomic E-state index is -0.658. The van der Waals surface area contributed by atoms with Gasteiger partial charge in [0, 0.05) is 51.4 Å². The lowest BCUT2D eigenvalue weighted by Crippen LogP contribution is -2.11. The van der Waals surface area contributed by atoms with Crippen molar-refractivity contribution in [2.75, 3.05) is 66.1 Å². The molecule has 0 aliphatic rings. The lowest BCUT2D eigenvalue weighted by Gasteiger charge is -2.09. The minimum absolute atomic E-state index is 0.133. The predicted molar refractivity (Wildman–Crippen MR) is 306 cm³/mol. The number of esters is 8. The number of hydrogen-bond acceptors (Lipinski definition) is 20. The van der Waals surface area contributed by atoms with Gasteiger partial charge in [0.05, 0.1) is 73.0 Å². The highest BCUT2D eigenvalue weighted by molar-refractivity contribution is 5.95. The van der Waals surface area contributed by atoms with Gasteiger partial charge in [-0.1, -0.05) is 13.2 Å². The van der Waals surface area contributed by atoms with Gasteiger partial charge in [-0.2, -0.15) is 0 Å². The Balaban J connectivity index is 0.745. The zero-order chi connectivity index (χ0) is 60.4. The zero-order valence-corrected chi connectivity index (χ0v) is 46.6. The first kappa shape index (κ1) is 64.3. The zero-order valence-electron chi connectivity index (χ0n) is 46.6. The van der Waals surface area contributed by atoms with Gasteiger partial charge in [0.15, 0.2) is 0 Å². The number of benzene rings is 6. The van der Waals surface area contributed by atoms with Gasteiger partial charge in [-0.05, 0) is 178 Å². The number of carbonyl (C=O) groups excluding carboxylic acids is 8. The lowest BCUT2D eigenvalue weighted by atomic mass is 10.2. The Bertz CT molecular complexity index is 2920. The largest absolute Gasteiger partial charge is 0.494 e. The molecule has 6 aromatic carbocycles. The van der Waals surface area contributed by atoms with Crippen LogP contribution in [0.3, 0.4) is 0 Å². The molecule has 0 fully saturated rings. The summed E-state index contributed by atoms with van der Waals surface area (Å²) >= 11 is 0. The molecule has 0 aliphatic heterocycles. The molecule has 20 nitrogen and oxygen atoms in total. The van der Waals surface area contributed by atoms with E-state index in [2.05, 4.69) is 13.2 Å². The summed E-state index contributed by atoms with van der Waals surface area (Å²) < 4.78 is 64.8. The first-order valence-corrected chi connectivity index (χ1v) is 27.2. The summed E-state index contributed by atoms with van der Waals surface area (Å²) in [5.74, 6) is -2.56. The molecule has 0 spiro atoms. The van der Waals surface area contributed by atoms with Crippen LogP contribution in [0.25, 0.3) is 0 Å². The highest BCUT2D eigenvalue weighted by atomic mass is 16.6. The van der Waals surface area contributed by atoms with Gasteiger partial charge in [0.25, 0.3) is 0 Å². The average molecular weight is 1170 g/mol. The first-order valence-electron chi connectivity index (χ1n) is 27.2. The average Bonchev–Trinajstić information content (AvgIpc) is 3.73. The normalized spacial score (nSPS) is 10.5. The molecule has 6 rings (SSSR count). The van der Waals surface area contributed by atoms with Gasteiger partial charge in [-0.15, -0.1) is 0 Å². The molecule has 0 aromatic heterocycles. The van der Waals surface area contributed by atoms with E-state index in [9.17, 15) is 38.4 Å². The Morgan fingerprint density at radius 2 is 0.482 bits per heavy atom. The summed E-state index contributed by atoms with van der Waals surface area (Å²) in [6, 6.07) is 36.4. The van der Waals surface area contributed by atoms with Gasteiger partial charge in [0.1, 0.15) is 34.5 Å². The number of rotatable bonds is 36. The van der Waals surface area contributed by atoms with E-state index in [1.807, 2.05) is 0 Å². The molecule has 444 valence electrons. The molecule has 0 heterocycles. The van der Waals surface area contributed by atoms with Gasteiger partial charge >= 0.3 is 47.8 Å². The summed E-state index contributed by atoms with van der Waals surface area (Å²) in [4.78, 5) is 98.3. The lowest BCUT2D eigenvalue weighted by molar-refractivity contribution is -0.138. The van der Waals surface area contributed by atoms with Crippen molar-refractivity contribution in [1.82, 2.24) is 0 Å². The van der Waals surface area contributed by atoms with E-state index in [1.54, 1.807) is 48.5 Å². The van der Waals surface area contributed by atoms with E-state index in [-0.39, 0.29) is 71.7 Å². The van der Waals surface area contributed by atoms with Crippen molar-refractivity contribution in [2.24, 2.45) is 0 Å². The summed E-state index contributed by atoms with van der Waals surface area (Å²) in [7, 11) is 0. The monoisotopic (exact) mass is 1160 g/mol. The summed E-state index contributed by atoms with van der Waals surface area (Å²) in [6.07, 6.45) is 6.39. The fraction of sp³-hybridized carbons (Fsp3) is 0.262. The van der Waals surface area contributed by atoms with Crippen LogP contribution in [0.15, 0.2) is 171 Å². The van der Waals surface area contributed by atoms with Crippen molar-refractivity contribution in [3.8, 4) is 34.5 Å². The Morgan fingerprint density at radius 1 is 0.259 bits per heavy atom. The molecule has 0 saturated carbocycles. The van der Waals surface area contributed by atoms with Gasteiger partial charge in [-0.25, -0.2) is 38.4 Å². The van der Waals surface area contributed by atoms with Crippen LogP contribution in [0.2, 0.25) is 0 Å². The van der Waals surface area contributed by atoms with Crippen LogP contribution in [0.1, 0.15) is 107 Å². The first-order chi connectivity index (χ1) is 41.4. The maximum atomic E-state index is 12.8. The standard InChI is InChI=1S/C65H64O20/c1-3-58(66)78-42-7-5-40-76-52-24-12-48(13-25-52)62(70)84-56-32-20-50(21-33-56)64(72)82-54-28-16-46(17-29-54)60(68)80-44-10-38-74-36-9-37-75-39-11-45-81-61(69)47-18-30-55(31-19-47)83-65(73)51-22-34-57(35-23-51)85-63(71)49-14-26-53(27-15-49)77-41-6-8-43-79-59(67)4-2/h3-4,12-35H,1-2,5-11,36-45H2. The molecule has 0 amide bonds. The fourth-order valence-corrected chi connectivity index (χ4v) is 7.21. The molecule has 20 heteroatoms. The van der Waals surface area contributed by atoms with E-state index >= 15 is 0 Å². The van der Waals surface area contributed by atoms with E-state index in [0.29, 0.717) is 107 Å². The highest BCUT2D eigenvalue weighted by Crippen LogP contribution is 2.22. The third-order valence-electron chi connectivity index (χ3n) is 11.7. The SMILES string of the molecule is C=CC(=O)OCCCCOc1ccc(C(=O)Oc2ccc(C(=O)Oc3ccc(C(=O)OCCCOCCCOCCCOC(=O)c4ccc(OC(=O)c5ccc(OC(=O)c6ccc(OCCCCOC(=O)C=C)cc6)cc5)cc4)cc3)cc2)cc1. The molecule has 0 radical (unpaired) electrons. The third kappa shape index (κ3) is 23.5. The Labute approximate surface area is 491 Å². The third-order valence-corrected chi connectivity index (χ3v) is 11.7. The minimum Gasteiger partial charge on any atom is -0.494 e. The number of unbranched alkanes of at least 4 members (excludes halogenated alkanes) is 2. The molecule has 0 saturated heterocycles. The molecule has 0 N–H and O–H groups in total. The quantitative estimate of drug-likeness (QED) is 0.0117. The maximum absolute atomic E-state index is 12.8. The molecule has 0 aliphatic carbocycles. The van der Waals surface area contributed by atoms with Crippen molar-refractivity contribution < 1.29 is 95.2 Å². The van der Waals surface area contributed by atoms with Crippen LogP contribution in [0.4, 0.5) is 0 Å². The second kappa shape index (κ2) is 35.8. The number of hydrogen-bond donors (Lipinski definition) is 0. The highest BCUT2D eigenvalue weighted by Gasteiger charge is 2.16. The van der Waals surface area contributed by atoms with E-state index in [0.717, 1.165) is 12.2 Å². The smallest absolute Gasteiger partial charge is 0.343 e. The van der Waals surface area contributed by atoms with Gasteiger partial charge in [-0.3, -0.25) is 0 Å². The van der Waals surface area contributed by atoms with E-state index in [1.165, 1.54) is 97.1 Å².